The van der Waals surface area contributed by atoms with Gasteiger partial charge in [-0.2, -0.15) is 0 Å². The van der Waals surface area contributed by atoms with Crippen molar-refractivity contribution in [3.8, 4) is 11.3 Å². The van der Waals surface area contributed by atoms with Crippen LogP contribution in [0, 0.1) is 0 Å². The maximum absolute atomic E-state index is 12.0. The minimum absolute atomic E-state index is 0.121. The van der Waals surface area contributed by atoms with Gasteiger partial charge in [-0.3, -0.25) is 4.79 Å². The molecule has 4 nitrogen and oxygen atoms in total. The molecule has 110 valence electrons. The van der Waals surface area contributed by atoms with Crippen LogP contribution in [0.2, 0.25) is 5.02 Å². The van der Waals surface area contributed by atoms with Gasteiger partial charge in [0.25, 0.3) is 5.91 Å². The van der Waals surface area contributed by atoms with Crippen LogP contribution < -0.4 is 5.32 Å². The summed E-state index contributed by atoms with van der Waals surface area (Å²) in [4.78, 5) is 12.0. The van der Waals surface area contributed by atoms with Gasteiger partial charge in [0.1, 0.15) is 5.69 Å². The standard InChI is InChI=1S/C16H12ClN3OS/c17-14-7-5-13(6-8-14)16(21)18-9-11-1-3-12(4-2-11)15-10-22-20-19-15/h1-8,10H,9H2,(H,18,21). The summed E-state index contributed by atoms with van der Waals surface area (Å²) < 4.78 is 3.85. The van der Waals surface area contributed by atoms with Gasteiger partial charge in [-0.15, -0.1) is 5.10 Å². The number of nitrogens with one attached hydrogen (secondary N) is 1. The molecule has 0 fully saturated rings. The number of amides is 1. The van der Waals surface area contributed by atoms with Gasteiger partial charge in [0, 0.05) is 28.1 Å². The van der Waals surface area contributed by atoms with Crippen molar-refractivity contribution in [1.82, 2.24) is 14.9 Å². The lowest BCUT2D eigenvalue weighted by Gasteiger charge is -2.06. The molecule has 0 saturated carbocycles. The highest BCUT2D eigenvalue weighted by atomic mass is 35.5. The summed E-state index contributed by atoms with van der Waals surface area (Å²) >= 11 is 7.13. The van der Waals surface area contributed by atoms with Crippen LogP contribution in [-0.2, 0) is 6.54 Å². The van der Waals surface area contributed by atoms with E-state index in [1.165, 1.54) is 11.5 Å². The molecular formula is C16H12ClN3OS. The first-order valence-electron chi connectivity index (χ1n) is 6.62. The van der Waals surface area contributed by atoms with Crippen LogP contribution in [0.3, 0.4) is 0 Å². The lowest BCUT2D eigenvalue weighted by Crippen LogP contribution is -2.22. The predicted molar refractivity (Wildman–Crippen MR) is 88.0 cm³/mol. The Kier molecular flexibility index (Phi) is 4.46. The van der Waals surface area contributed by atoms with E-state index in [0.717, 1.165) is 16.8 Å². The molecule has 1 aromatic heterocycles. The van der Waals surface area contributed by atoms with E-state index < -0.39 is 0 Å². The highest BCUT2D eigenvalue weighted by molar-refractivity contribution is 7.03. The van der Waals surface area contributed by atoms with E-state index in [0.29, 0.717) is 17.1 Å². The monoisotopic (exact) mass is 329 g/mol. The average molecular weight is 330 g/mol. The SMILES string of the molecule is O=C(NCc1ccc(-c2csnn2)cc1)c1ccc(Cl)cc1. The third-order valence-corrected chi connectivity index (χ3v) is 3.93. The minimum atomic E-state index is -0.121. The van der Waals surface area contributed by atoms with Gasteiger partial charge in [0.2, 0.25) is 0 Å². The third-order valence-electron chi connectivity index (χ3n) is 3.17. The summed E-state index contributed by atoms with van der Waals surface area (Å²) in [5.74, 6) is -0.121. The minimum Gasteiger partial charge on any atom is -0.348 e. The molecule has 0 radical (unpaired) electrons. The van der Waals surface area contributed by atoms with Gasteiger partial charge in [-0.1, -0.05) is 40.4 Å². The Balaban J connectivity index is 1.61. The number of carbonyl (C=O) groups is 1. The largest absolute Gasteiger partial charge is 0.348 e. The van der Waals surface area contributed by atoms with Gasteiger partial charge in [0.05, 0.1) is 0 Å². The van der Waals surface area contributed by atoms with Crippen molar-refractivity contribution in [1.29, 1.82) is 0 Å². The van der Waals surface area contributed by atoms with E-state index in [1.54, 1.807) is 24.3 Å². The van der Waals surface area contributed by atoms with Crippen LogP contribution in [0.25, 0.3) is 11.3 Å². The van der Waals surface area contributed by atoms with Crippen LogP contribution in [-0.4, -0.2) is 15.5 Å². The van der Waals surface area contributed by atoms with E-state index in [-0.39, 0.29) is 5.91 Å². The van der Waals surface area contributed by atoms with Gasteiger partial charge in [0.15, 0.2) is 0 Å². The molecular weight excluding hydrogens is 318 g/mol. The molecule has 1 N–H and O–H groups in total. The molecule has 0 bridgehead atoms. The van der Waals surface area contributed by atoms with Crippen molar-refractivity contribution >= 4 is 29.0 Å². The fourth-order valence-corrected chi connectivity index (χ4v) is 2.56. The van der Waals surface area contributed by atoms with Gasteiger partial charge in [-0.05, 0) is 41.4 Å². The second-order valence-electron chi connectivity index (χ2n) is 4.68. The molecule has 3 aromatic rings. The first kappa shape index (κ1) is 14.7. The van der Waals surface area contributed by atoms with E-state index in [4.69, 9.17) is 11.6 Å². The van der Waals surface area contributed by atoms with E-state index in [1.807, 2.05) is 29.6 Å². The van der Waals surface area contributed by atoms with E-state index in [9.17, 15) is 4.79 Å². The Hall–Kier alpha value is -2.24. The smallest absolute Gasteiger partial charge is 0.251 e. The first-order valence-corrected chi connectivity index (χ1v) is 7.84. The molecule has 0 saturated heterocycles. The first-order chi connectivity index (χ1) is 10.7. The summed E-state index contributed by atoms with van der Waals surface area (Å²) in [7, 11) is 0. The number of benzene rings is 2. The number of rotatable bonds is 4. The molecule has 0 aliphatic heterocycles. The van der Waals surface area contributed by atoms with Gasteiger partial charge < -0.3 is 5.32 Å². The van der Waals surface area contributed by atoms with Crippen molar-refractivity contribution in [3.05, 3.63) is 70.1 Å². The van der Waals surface area contributed by atoms with Crippen LogP contribution in [0.1, 0.15) is 15.9 Å². The summed E-state index contributed by atoms with van der Waals surface area (Å²) in [6.45, 7) is 0.469. The fraction of sp³-hybridized carbons (Fsp3) is 0.0625. The number of halogens is 1. The lowest BCUT2D eigenvalue weighted by molar-refractivity contribution is 0.0951. The number of nitrogens with zero attached hydrogens (tertiary/aromatic N) is 2. The maximum Gasteiger partial charge on any atom is 0.251 e. The van der Waals surface area contributed by atoms with E-state index >= 15 is 0 Å². The maximum atomic E-state index is 12.0. The molecule has 3 rings (SSSR count). The molecule has 0 spiro atoms. The van der Waals surface area contributed by atoms with E-state index in [2.05, 4.69) is 14.9 Å². The summed E-state index contributed by atoms with van der Waals surface area (Å²) in [6, 6.07) is 14.7. The Morgan fingerprint density at radius 2 is 1.82 bits per heavy atom. The summed E-state index contributed by atoms with van der Waals surface area (Å²) in [5.41, 5.74) is 3.49. The summed E-state index contributed by atoms with van der Waals surface area (Å²) in [5, 5.41) is 9.42. The number of aromatic nitrogens is 2. The van der Waals surface area contributed by atoms with Crippen molar-refractivity contribution in [2.75, 3.05) is 0 Å². The zero-order valence-corrected chi connectivity index (χ0v) is 13.1. The second kappa shape index (κ2) is 6.68. The zero-order valence-electron chi connectivity index (χ0n) is 11.5. The van der Waals surface area contributed by atoms with Crippen LogP contribution >= 0.6 is 23.1 Å². The Labute approximate surface area is 136 Å². The van der Waals surface area contributed by atoms with Crippen molar-refractivity contribution < 1.29 is 4.79 Å². The van der Waals surface area contributed by atoms with Crippen molar-refractivity contribution in [2.45, 2.75) is 6.54 Å². The lowest BCUT2D eigenvalue weighted by atomic mass is 10.1. The third kappa shape index (κ3) is 3.50. The average Bonchev–Trinajstić information content (AvgIpc) is 3.08. The Bertz CT molecular complexity index is 755. The molecule has 0 aliphatic carbocycles. The highest BCUT2D eigenvalue weighted by Gasteiger charge is 2.05. The molecule has 0 unspecified atom stereocenters. The van der Waals surface area contributed by atoms with Gasteiger partial charge >= 0.3 is 0 Å². The number of carbonyl (C=O) groups excluding carboxylic acids is 1. The number of hydrogen-bond donors (Lipinski definition) is 1. The van der Waals surface area contributed by atoms with Crippen LogP contribution in [0.4, 0.5) is 0 Å². The zero-order chi connectivity index (χ0) is 15.4. The number of hydrogen-bond acceptors (Lipinski definition) is 4. The van der Waals surface area contributed by atoms with Crippen molar-refractivity contribution in [3.63, 3.8) is 0 Å². The van der Waals surface area contributed by atoms with Gasteiger partial charge in [-0.25, -0.2) is 0 Å². The van der Waals surface area contributed by atoms with Crippen LogP contribution in [0.5, 0.6) is 0 Å². The Morgan fingerprint density at radius 3 is 2.45 bits per heavy atom. The van der Waals surface area contributed by atoms with Crippen LogP contribution in [0.15, 0.2) is 53.9 Å². The molecule has 1 heterocycles. The molecule has 2 aromatic carbocycles. The topological polar surface area (TPSA) is 54.9 Å². The van der Waals surface area contributed by atoms with Crippen molar-refractivity contribution in [2.24, 2.45) is 0 Å². The molecule has 22 heavy (non-hydrogen) atoms. The molecule has 6 heteroatoms. The second-order valence-corrected chi connectivity index (χ2v) is 5.72. The fourth-order valence-electron chi connectivity index (χ4n) is 1.97. The highest BCUT2D eigenvalue weighted by Crippen LogP contribution is 2.18. The quantitative estimate of drug-likeness (QED) is 0.792. The predicted octanol–water partition coefficient (Wildman–Crippen LogP) is 3.79. The Morgan fingerprint density at radius 1 is 1.09 bits per heavy atom. The molecule has 0 atom stereocenters. The normalized spacial score (nSPS) is 10.4. The molecule has 0 aliphatic rings. The summed E-state index contributed by atoms with van der Waals surface area (Å²) in [6.07, 6.45) is 0. The molecule has 1 amide bonds.